The van der Waals surface area contributed by atoms with E-state index in [1.54, 1.807) is 12.4 Å². The molecular weight excluding hydrogens is 314 g/mol. The zero-order chi connectivity index (χ0) is 17.2. The highest BCUT2D eigenvalue weighted by atomic mass is 16.2. The molecule has 1 aromatic carbocycles. The van der Waals surface area contributed by atoms with Crippen molar-refractivity contribution < 1.29 is 4.79 Å². The average Bonchev–Trinajstić information content (AvgIpc) is 3.20. The lowest BCUT2D eigenvalue weighted by Crippen LogP contribution is -2.29. The second-order valence-electron chi connectivity index (χ2n) is 6.62. The molecule has 6 heteroatoms. The Bertz CT molecular complexity index is 876. The van der Waals surface area contributed by atoms with Gasteiger partial charge in [0, 0.05) is 50.3 Å². The van der Waals surface area contributed by atoms with Gasteiger partial charge in [0.15, 0.2) is 0 Å². The number of pyridine rings is 1. The molecule has 128 valence electrons. The number of H-pyrrole nitrogens is 1. The van der Waals surface area contributed by atoms with Gasteiger partial charge in [-0.15, -0.1) is 0 Å². The van der Waals surface area contributed by atoms with Crippen LogP contribution in [-0.2, 0) is 11.3 Å². The van der Waals surface area contributed by atoms with Crippen LogP contribution in [-0.4, -0.2) is 39.6 Å². The number of amides is 1. The minimum absolute atomic E-state index is 0.109. The summed E-state index contributed by atoms with van der Waals surface area (Å²) in [5.74, 6) is 0.461. The minimum atomic E-state index is 0.109. The fourth-order valence-corrected chi connectivity index (χ4v) is 3.69. The van der Waals surface area contributed by atoms with Gasteiger partial charge >= 0.3 is 0 Å². The van der Waals surface area contributed by atoms with Crippen LogP contribution >= 0.6 is 0 Å². The van der Waals surface area contributed by atoms with Gasteiger partial charge in [0.2, 0.25) is 5.91 Å². The summed E-state index contributed by atoms with van der Waals surface area (Å²) in [6.07, 6.45) is 5.98. The normalized spacial score (nSPS) is 20.5. The van der Waals surface area contributed by atoms with Gasteiger partial charge in [0.25, 0.3) is 0 Å². The monoisotopic (exact) mass is 335 g/mol. The number of carbonyl (C=O) groups excluding carboxylic acids is 1. The maximum atomic E-state index is 12.2. The Morgan fingerprint density at radius 3 is 2.96 bits per heavy atom. The minimum Gasteiger partial charge on any atom is -0.338 e. The molecule has 1 fully saturated rings. The number of carbonyl (C=O) groups is 1. The van der Waals surface area contributed by atoms with Crippen LogP contribution in [0, 0.1) is 5.92 Å². The number of aromatic nitrogens is 3. The van der Waals surface area contributed by atoms with E-state index >= 15 is 0 Å². The van der Waals surface area contributed by atoms with Gasteiger partial charge in [-0.25, -0.2) is 0 Å². The third kappa shape index (κ3) is 3.13. The number of hydrogen-bond acceptors (Lipinski definition) is 4. The molecule has 1 amide bonds. The maximum absolute atomic E-state index is 12.2. The number of hydrogen-bond donors (Lipinski definition) is 2. The standard InChI is InChI=1S/C19H21N5O/c1-24-18(25)9-16(19(24)14-4-6-20-7-5-14)11-21-10-13-2-3-15-12-22-23-17(15)8-13/h2-8,12,16,19,21H,9-11H2,1H3,(H,22,23)/t16-,19-/m0/s1. The molecule has 1 aliphatic rings. The third-order valence-electron chi connectivity index (χ3n) is 4.98. The van der Waals surface area contributed by atoms with Gasteiger partial charge in [-0.2, -0.15) is 5.10 Å². The Balaban J connectivity index is 1.43. The summed E-state index contributed by atoms with van der Waals surface area (Å²) >= 11 is 0. The molecule has 2 aromatic heterocycles. The fraction of sp³-hybridized carbons (Fsp3) is 0.316. The van der Waals surface area contributed by atoms with E-state index in [0.717, 1.165) is 29.6 Å². The van der Waals surface area contributed by atoms with Gasteiger partial charge in [0.1, 0.15) is 0 Å². The smallest absolute Gasteiger partial charge is 0.223 e. The van der Waals surface area contributed by atoms with Gasteiger partial charge in [-0.3, -0.25) is 14.9 Å². The van der Waals surface area contributed by atoms with E-state index < -0.39 is 0 Å². The van der Waals surface area contributed by atoms with Crippen molar-refractivity contribution in [2.45, 2.75) is 19.0 Å². The van der Waals surface area contributed by atoms with Crippen LogP contribution < -0.4 is 5.32 Å². The Kier molecular flexibility index (Phi) is 4.19. The zero-order valence-electron chi connectivity index (χ0n) is 14.1. The van der Waals surface area contributed by atoms with E-state index in [1.165, 1.54) is 5.56 Å². The van der Waals surface area contributed by atoms with E-state index in [2.05, 4.69) is 38.7 Å². The molecule has 25 heavy (non-hydrogen) atoms. The van der Waals surface area contributed by atoms with Crippen molar-refractivity contribution in [1.29, 1.82) is 0 Å². The second kappa shape index (κ2) is 6.64. The molecule has 3 heterocycles. The van der Waals surface area contributed by atoms with Gasteiger partial charge < -0.3 is 10.2 Å². The van der Waals surface area contributed by atoms with E-state index in [9.17, 15) is 4.79 Å². The number of benzene rings is 1. The highest BCUT2D eigenvalue weighted by Crippen LogP contribution is 2.36. The average molecular weight is 335 g/mol. The van der Waals surface area contributed by atoms with Gasteiger partial charge in [-0.1, -0.05) is 12.1 Å². The number of rotatable bonds is 5. The van der Waals surface area contributed by atoms with Crippen LogP contribution in [0.15, 0.2) is 48.9 Å². The highest BCUT2D eigenvalue weighted by Gasteiger charge is 2.37. The van der Waals surface area contributed by atoms with Crippen molar-refractivity contribution in [1.82, 2.24) is 25.4 Å². The molecule has 6 nitrogen and oxygen atoms in total. The molecule has 0 radical (unpaired) electrons. The van der Waals surface area contributed by atoms with Crippen molar-refractivity contribution >= 4 is 16.8 Å². The maximum Gasteiger partial charge on any atom is 0.223 e. The summed E-state index contributed by atoms with van der Waals surface area (Å²) in [5, 5.41) is 11.7. The summed E-state index contributed by atoms with van der Waals surface area (Å²) in [7, 11) is 1.89. The molecule has 0 saturated carbocycles. The lowest BCUT2D eigenvalue weighted by molar-refractivity contribution is -0.127. The molecule has 0 aliphatic carbocycles. The topological polar surface area (TPSA) is 73.9 Å². The quantitative estimate of drug-likeness (QED) is 0.750. The first-order chi connectivity index (χ1) is 12.2. The third-order valence-corrected chi connectivity index (χ3v) is 4.98. The number of nitrogens with one attached hydrogen (secondary N) is 2. The largest absolute Gasteiger partial charge is 0.338 e. The lowest BCUT2D eigenvalue weighted by atomic mass is 9.94. The lowest BCUT2D eigenvalue weighted by Gasteiger charge is -2.25. The highest BCUT2D eigenvalue weighted by molar-refractivity contribution is 5.79. The number of aromatic amines is 1. The van der Waals surface area contributed by atoms with Crippen molar-refractivity contribution in [3.8, 4) is 0 Å². The summed E-state index contributed by atoms with van der Waals surface area (Å²) in [6, 6.07) is 10.4. The van der Waals surface area contributed by atoms with Crippen molar-refractivity contribution in [2.75, 3.05) is 13.6 Å². The molecule has 4 rings (SSSR count). The van der Waals surface area contributed by atoms with Crippen LogP contribution in [0.1, 0.15) is 23.6 Å². The summed E-state index contributed by atoms with van der Waals surface area (Å²) in [6.45, 7) is 1.57. The molecule has 0 bridgehead atoms. The molecule has 2 atom stereocenters. The van der Waals surface area contributed by atoms with Crippen LogP contribution in [0.25, 0.3) is 10.9 Å². The zero-order valence-corrected chi connectivity index (χ0v) is 14.1. The SMILES string of the molecule is CN1C(=O)C[C@@H](CNCc2ccc3cn[nH]c3c2)[C@@H]1c1ccncc1. The first-order valence-corrected chi connectivity index (χ1v) is 8.50. The van der Waals surface area contributed by atoms with Gasteiger partial charge in [0.05, 0.1) is 17.8 Å². The summed E-state index contributed by atoms with van der Waals surface area (Å²) in [4.78, 5) is 18.1. The predicted octanol–water partition coefficient (Wildman–Crippen LogP) is 2.27. The van der Waals surface area contributed by atoms with Crippen molar-refractivity contribution in [3.05, 3.63) is 60.0 Å². The molecule has 1 aliphatic heterocycles. The van der Waals surface area contributed by atoms with Crippen LogP contribution in [0.4, 0.5) is 0 Å². The second-order valence-corrected chi connectivity index (χ2v) is 6.62. The molecular formula is C19H21N5O. The Morgan fingerprint density at radius 1 is 1.28 bits per heavy atom. The van der Waals surface area contributed by atoms with E-state index in [4.69, 9.17) is 0 Å². The van der Waals surface area contributed by atoms with E-state index in [-0.39, 0.29) is 17.9 Å². The molecule has 0 spiro atoms. The first-order valence-electron chi connectivity index (χ1n) is 8.50. The Hall–Kier alpha value is -2.73. The van der Waals surface area contributed by atoms with Gasteiger partial charge in [-0.05, 0) is 29.3 Å². The Morgan fingerprint density at radius 2 is 2.12 bits per heavy atom. The Labute approximate surface area is 146 Å². The molecule has 1 saturated heterocycles. The summed E-state index contributed by atoms with van der Waals surface area (Å²) < 4.78 is 0. The fourth-order valence-electron chi connectivity index (χ4n) is 3.69. The van der Waals surface area contributed by atoms with Crippen molar-refractivity contribution in [2.24, 2.45) is 5.92 Å². The predicted molar refractivity (Wildman–Crippen MR) is 95.7 cm³/mol. The number of fused-ring (bicyclic) bond motifs is 1. The van der Waals surface area contributed by atoms with Crippen LogP contribution in [0.5, 0.6) is 0 Å². The molecule has 0 unspecified atom stereocenters. The van der Waals surface area contributed by atoms with Crippen LogP contribution in [0.2, 0.25) is 0 Å². The number of nitrogens with zero attached hydrogens (tertiary/aromatic N) is 3. The first kappa shape index (κ1) is 15.8. The number of likely N-dealkylation sites (tertiary alicyclic amines) is 1. The van der Waals surface area contributed by atoms with Crippen LogP contribution in [0.3, 0.4) is 0 Å². The van der Waals surface area contributed by atoms with E-state index in [1.807, 2.05) is 30.3 Å². The molecule has 2 N–H and O–H groups in total. The van der Waals surface area contributed by atoms with E-state index in [0.29, 0.717) is 6.42 Å². The summed E-state index contributed by atoms with van der Waals surface area (Å²) in [5.41, 5.74) is 3.40. The van der Waals surface area contributed by atoms with Crippen molar-refractivity contribution in [3.63, 3.8) is 0 Å². The molecule has 3 aromatic rings.